The summed E-state index contributed by atoms with van der Waals surface area (Å²) in [4.78, 5) is 0. The van der Waals surface area contributed by atoms with Crippen molar-refractivity contribution >= 4 is 10.2 Å². The highest BCUT2D eigenvalue weighted by Crippen LogP contribution is 2.17. The Labute approximate surface area is 96.9 Å². The first-order valence-corrected chi connectivity index (χ1v) is 7.00. The Kier molecular flexibility index (Phi) is 8.33. The molecule has 0 aliphatic rings. The zero-order chi connectivity index (χ0) is 11.7. The second-order valence-electron chi connectivity index (χ2n) is 3.75. The standard InChI is InChI=1S/C11H26O3Si/c1-5-8-9-14-11(15,13-7-3)10(4)12-6-2/h10H,5-9H2,1-4,15H3. The molecule has 0 aliphatic heterocycles. The predicted molar refractivity (Wildman–Crippen MR) is 66.2 cm³/mol. The van der Waals surface area contributed by atoms with Gasteiger partial charge in [-0.1, -0.05) is 13.3 Å². The van der Waals surface area contributed by atoms with E-state index in [1.165, 1.54) is 0 Å². The third kappa shape index (κ3) is 5.66. The van der Waals surface area contributed by atoms with E-state index in [0.717, 1.165) is 29.7 Å². The van der Waals surface area contributed by atoms with Crippen molar-refractivity contribution in [2.45, 2.75) is 52.1 Å². The highest BCUT2D eigenvalue weighted by atomic mass is 28.1. The zero-order valence-corrected chi connectivity index (χ0v) is 12.8. The average molecular weight is 234 g/mol. The number of hydrogen-bond donors (Lipinski definition) is 0. The molecule has 0 saturated carbocycles. The van der Waals surface area contributed by atoms with Gasteiger partial charge in [0.2, 0.25) is 0 Å². The Balaban J connectivity index is 4.16. The van der Waals surface area contributed by atoms with Gasteiger partial charge in [-0.25, -0.2) is 0 Å². The smallest absolute Gasteiger partial charge is 0.166 e. The van der Waals surface area contributed by atoms with Gasteiger partial charge in [0.25, 0.3) is 0 Å². The number of unbranched alkanes of at least 4 members (excludes halogenated alkanes) is 1. The summed E-state index contributed by atoms with van der Waals surface area (Å²) in [6.45, 7) is 10.3. The molecular weight excluding hydrogens is 208 g/mol. The van der Waals surface area contributed by atoms with Crippen LogP contribution >= 0.6 is 0 Å². The third-order valence-corrected chi connectivity index (χ3v) is 3.86. The van der Waals surface area contributed by atoms with E-state index in [2.05, 4.69) is 6.92 Å². The Morgan fingerprint density at radius 1 is 1.13 bits per heavy atom. The van der Waals surface area contributed by atoms with Crippen LogP contribution in [0.4, 0.5) is 0 Å². The molecule has 3 nitrogen and oxygen atoms in total. The third-order valence-electron chi connectivity index (χ3n) is 2.47. The summed E-state index contributed by atoms with van der Waals surface area (Å²) in [7, 11) is 0.823. The van der Waals surface area contributed by atoms with Gasteiger partial charge in [-0.15, -0.1) is 0 Å². The Hall–Kier alpha value is 0.0969. The van der Waals surface area contributed by atoms with Gasteiger partial charge in [-0.05, 0) is 27.2 Å². The topological polar surface area (TPSA) is 27.7 Å². The van der Waals surface area contributed by atoms with Crippen LogP contribution in [0.3, 0.4) is 0 Å². The van der Waals surface area contributed by atoms with Gasteiger partial charge < -0.3 is 14.2 Å². The molecule has 0 saturated heterocycles. The van der Waals surface area contributed by atoms with Crippen molar-refractivity contribution in [1.29, 1.82) is 0 Å². The fourth-order valence-corrected chi connectivity index (χ4v) is 2.04. The highest BCUT2D eigenvalue weighted by Gasteiger charge is 2.32. The summed E-state index contributed by atoms with van der Waals surface area (Å²) in [5, 5.41) is 0. The minimum Gasteiger partial charge on any atom is -0.374 e. The molecule has 15 heavy (non-hydrogen) atoms. The summed E-state index contributed by atoms with van der Waals surface area (Å²) < 4.78 is 17.1. The van der Waals surface area contributed by atoms with E-state index >= 15 is 0 Å². The van der Waals surface area contributed by atoms with Gasteiger partial charge in [-0.2, -0.15) is 0 Å². The minimum absolute atomic E-state index is 0.0194. The first-order valence-electron chi connectivity index (χ1n) is 6.00. The summed E-state index contributed by atoms with van der Waals surface area (Å²) in [6.07, 6.45) is 2.24. The van der Waals surface area contributed by atoms with Crippen molar-refractivity contribution < 1.29 is 14.2 Å². The second-order valence-corrected chi connectivity index (χ2v) is 5.14. The Bertz CT molecular complexity index is 155. The first kappa shape index (κ1) is 15.1. The molecule has 4 heteroatoms. The Morgan fingerprint density at radius 2 is 1.80 bits per heavy atom. The normalized spacial score (nSPS) is 17.6. The molecular formula is C11H26O3Si. The molecule has 0 bridgehead atoms. The van der Waals surface area contributed by atoms with Gasteiger partial charge in [0.05, 0.1) is 10.2 Å². The maximum absolute atomic E-state index is 5.84. The molecule has 0 heterocycles. The largest absolute Gasteiger partial charge is 0.374 e. The first-order chi connectivity index (χ1) is 7.10. The van der Waals surface area contributed by atoms with Gasteiger partial charge in [-0.3, -0.25) is 0 Å². The fourth-order valence-electron chi connectivity index (χ4n) is 1.38. The molecule has 0 radical (unpaired) electrons. The summed E-state index contributed by atoms with van der Waals surface area (Å²) in [5.41, 5.74) is -0.472. The van der Waals surface area contributed by atoms with Crippen molar-refractivity contribution in [3.8, 4) is 0 Å². The van der Waals surface area contributed by atoms with E-state index in [1.807, 2.05) is 20.8 Å². The van der Waals surface area contributed by atoms with Crippen LogP contribution in [0.1, 0.15) is 40.5 Å². The van der Waals surface area contributed by atoms with Crippen molar-refractivity contribution in [3.05, 3.63) is 0 Å². The van der Waals surface area contributed by atoms with Crippen molar-refractivity contribution in [2.24, 2.45) is 0 Å². The predicted octanol–water partition coefficient (Wildman–Crippen LogP) is 1.28. The molecule has 92 valence electrons. The summed E-state index contributed by atoms with van der Waals surface area (Å²) in [6, 6.07) is 0. The SMILES string of the molecule is CCCCOC([SiH3])(OCC)C(C)OCC. The van der Waals surface area contributed by atoms with Crippen molar-refractivity contribution in [1.82, 2.24) is 0 Å². The van der Waals surface area contributed by atoms with E-state index in [-0.39, 0.29) is 6.10 Å². The van der Waals surface area contributed by atoms with E-state index in [4.69, 9.17) is 14.2 Å². The molecule has 0 aliphatic carbocycles. The van der Waals surface area contributed by atoms with Crippen LogP contribution in [-0.2, 0) is 14.2 Å². The van der Waals surface area contributed by atoms with Crippen LogP contribution in [0.2, 0.25) is 0 Å². The zero-order valence-electron chi connectivity index (χ0n) is 10.8. The maximum Gasteiger partial charge on any atom is 0.166 e. The van der Waals surface area contributed by atoms with Gasteiger partial charge in [0, 0.05) is 19.8 Å². The van der Waals surface area contributed by atoms with Crippen LogP contribution < -0.4 is 0 Å². The van der Waals surface area contributed by atoms with Crippen LogP contribution in [0, 0.1) is 0 Å². The maximum atomic E-state index is 5.84. The van der Waals surface area contributed by atoms with Crippen LogP contribution in [-0.4, -0.2) is 41.6 Å². The molecule has 0 fully saturated rings. The molecule has 2 atom stereocenters. The highest BCUT2D eigenvalue weighted by molar-refractivity contribution is 6.13. The lowest BCUT2D eigenvalue weighted by atomic mass is 10.3. The van der Waals surface area contributed by atoms with E-state index < -0.39 is 5.41 Å². The minimum atomic E-state index is -0.472. The molecule has 0 rings (SSSR count). The molecule has 0 aromatic carbocycles. The van der Waals surface area contributed by atoms with Crippen LogP contribution in [0.5, 0.6) is 0 Å². The summed E-state index contributed by atoms with van der Waals surface area (Å²) >= 11 is 0. The monoisotopic (exact) mass is 234 g/mol. The van der Waals surface area contributed by atoms with E-state index in [0.29, 0.717) is 13.2 Å². The average Bonchev–Trinajstić information content (AvgIpc) is 2.19. The summed E-state index contributed by atoms with van der Waals surface area (Å²) in [5.74, 6) is 0. The number of rotatable bonds is 9. The fraction of sp³-hybridized carbons (Fsp3) is 1.00. The van der Waals surface area contributed by atoms with E-state index in [1.54, 1.807) is 0 Å². The lowest BCUT2D eigenvalue weighted by Gasteiger charge is -2.35. The van der Waals surface area contributed by atoms with Gasteiger partial charge in [0.15, 0.2) is 5.41 Å². The van der Waals surface area contributed by atoms with E-state index in [9.17, 15) is 0 Å². The van der Waals surface area contributed by atoms with Gasteiger partial charge in [0.1, 0.15) is 6.10 Å². The van der Waals surface area contributed by atoms with Crippen molar-refractivity contribution in [2.75, 3.05) is 19.8 Å². The molecule has 2 unspecified atom stereocenters. The van der Waals surface area contributed by atoms with Crippen LogP contribution in [0.25, 0.3) is 0 Å². The Morgan fingerprint density at radius 3 is 2.27 bits per heavy atom. The molecule has 0 N–H and O–H groups in total. The number of ether oxygens (including phenoxy) is 3. The quantitative estimate of drug-likeness (QED) is 0.342. The van der Waals surface area contributed by atoms with Crippen molar-refractivity contribution in [3.63, 3.8) is 0 Å². The molecule has 0 amide bonds. The van der Waals surface area contributed by atoms with Crippen LogP contribution in [0.15, 0.2) is 0 Å². The lowest BCUT2D eigenvalue weighted by molar-refractivity contribution is -0.233. The molecule has 0 aromatic rings. The molecule has 0 spiro atoms. The molecule has 0 aromatic heterocycles. The van der Waals surface area contributed by atoms with Gasteiger partial charge >= 0.3 is 0 Å². The lowest BCUT2D eigenvalue weighted by Crippen LogP contribution is -2.48. The second kappa shape index (κ2) is 8.27. The number of hydrogen-bond acceptors (Lipinski definition) is 3.